The lowest BCUT2D eigenvalue weighted by molar-refractivity contribution is 0.817. The molecule has 0 atom stereocenters. The van der Waals surface area contributed by atoms with Crippen LogP contribution in [-0.2, 0) is 12.8 Å². The highest BCUT2D eigenvalue weighted by atomic mass is 32.1. The molecule has 1 aromatic carbocycles. The summed E-state index contributed by atoms with van der Waals surface area (Å²) >= 11 is 1.87. The van der Waals surface area contributed by atoms with Crippen LogP contribution in [0.2, 0.25) is 0 Å². The van der Waals surface area contributed by atoms with Gasteiger partial charge in [-0.25, -0.2) is 0 Å². The molecule has 0 saturated heterocycles. The van der Waals surface area contributed by atoms with Gasteiger partial charge in [0.2, 0.25) is 0 Å². The molecule has 1 aromatic heterocycles. The van der Waals surface area contributed by atoms with E-state index < -0.39 is 0 Å². The first-order valence-electron chi connectivity index (χ1n) is 6.52. The molecule has 18 heavy (non-hydrogen) atoms. The highest BCUT2D eigenvalue weighted by molar-refractivity contribution is 7.10. The lowest BCUT2D eigenvalue weighted by atomic mass is 10.1. The van der Waals surface area contributed by atoms with E-state index in [1.165, 1.54) is 21.8 Å². The first-order valence-corrected chi connectivity index (χ1v) is 7.40. The van der Waals surface area contributed by atoms with Crippen molar-refractivity contribution in [3.8, 4) is 0 Å². The molecule has 94 valence electrons. The van der Waals surface area contributed by atoms with Gasteiger partial charge in [-0.2, -0.15) is 0 Å². The zero-order chi connectivity index (χ0) is 12.4. The summed E-state index contributed by atoms with van der Waals surface area (Å²) in [6.07, 6.45) is 3.33. The van der Waals surface area contributed by atoms with E-state index in [2.05, 4.69) is 40.6 Å². The van der Waals surface area contributed by atoms with E-state index in [0.717, 1.165) is 32.4 Å². The Morgan fingerprint density at radius 3 is 2.89 bits per heavy atom. The molecule has 1 aliphatic heterocycles. The average molecular weight is 258 g/mol. The summed E-state index contributed by atoms with van der Waals surface area (Å²) in [5.41, 5.74) is 9.88. The number of rotatable bonds is 3. The van der Waals surface area contributed by atoms with E-state index in [-0.39, 0.29) is 0 Å². The lowest BCUT2D eigenvalue weighted by Gasteiger charge is -2.25. The number of nitrogens with two attached hydrogens (primary N) is 1. The first-order chi connectivity index (χ1) is 8.90. The number of thiophene rings is 1. The van der Waals surface area contributed by atoms with Crippen molar-refractivity contribution in [1.29, 1.82) is 0 Å². The van der Waals surface area contributed by atoms with Gasteiger partial charge >= 0.3 is 0 Å². The van der Waals surface area contributed by atoms with Gasteiger partial charge < -0.3 is 10.6 Å². The third-order valence-corrected chi connectivity index (χ3v) is 4.47. The van der Waals surface area contributed by atoms with Crippen LogP contribution in [0.25, 0.3) is 0 Å². The van der Waals surface area contributed by atoms with Gasteiger partial charge in [0, 0.05) is 17.1 Å². The van der Waals surface area contributed by atoms with Crippen molar-refractivity contribution in [2.75, 3.05) is 18.0 Å². The smallest absolute Gasteiger partial charge is 0.0552 e. The molecule has 2 heterocycles. The van der Waals surface area contributed by atoms with Crippen molar-refractivity contribution >= 4 is 22.7 Å². The zero-order valence-corrected chi connectivity index (χ0v) is 11.2. The molecule has 2 N–H and O–H groups in total. The highest BCUT2D eigenvalue weighted by Gasteiger charge is 2.20. The van der Waals surface area contributed by atoms with E-state index in [1.807, 2.05) is 11.3 Å². The summed E-state index contributed by atoms with van der Waals surface area (Å²) in [6, 6.07) is 11.0. The molecule has 2 nitrogen and oxygen atoms in total. The average Bonchev–Trinajstić information content (AvgIpc) is 2.81. The van der Waals surface area contributed by atoms with Gasteiger partial charge in [-0.3, -0.25) is 0 Å². The Kier molecular flexibility index (Phi) is 3.35. The number of anilines is 2. The Bertz CT molecular complexity index is 533. The van der Waals surface area contributed by atoms with Gasteiger partial charge in [0.1, 0.15) is 0 Å². The van der Waals surface area contributed by atoms with Crippen LogP contribution in [0.15, 0.2) is 35.7 Å². The van der Waals surface area contributed by atoms with Crippen LogP contribution in [0, 0.1) is 0 Å². The summed E-state index contributed by atoms with van der Waals surface area (Å²) in [4.78, 5) is 3.95. The molecule has 2 aromatic rings. The summed E-state index contributed by atoms with van der Waals surface area (Å²) in [5, 5.41) is 2.20. The van der Waals surface area contributed by atoms with Crippen LogP contribution in [0.3, 0.4) is 0 Å². The molecule has 1 aliphatic rings. The number of para-hydroxylation sites is 1. The number of aryl methyl sites for hydroxylation is 2. The number of hydrogen-bond acceptors (Lipinski definition) is 3. The van der Waals surface area contributed by atoms with Gasteiger partial charge in [0.15, 0.2) is 0 Å². The fourth-order valence-corrected chi connectivity index (χ4v) is 3.50. The van der Waals surface area contributed by atoms with E-state index >= 15 is 0 Å². The maximum atomic E-state index is 5.68. The van der Waals surface area contributed by atoms with Crippen molar-refractivity contribution in [3.63, 3.8) is 0 Å². The Labute approximate surface area is 112 Å². The second kappa shape index (κ2) is 5.12. The summed E-state index contributed by atoms with van der Waals surface area (Å²) in [6.45, 7) is 1.76. The molecule has 0 amide bonds. The predicted molar refractivity (Wildman–Crippen MR) is 78.8 cm³/mol. The SMILES string of the molecule is NCCCN1c2ccccc2CCc2sccc21. The lowest BCUT2D eigenvalue weighted by Crippen LogP contribution is -2.21. The minimum absolute atomic E-state index is 0.748. The van der Waals surface area contributed by atoms with Gasteiger partial charge in [0.25, 0.3) is 0 Å². The maximum absolute atomic E-state index is 5.68. The van der Waals surface area contributed by atoms with Crippen molar-refractivity contribution in [2.45, 2.75) is 19.3 Å². The molecule has 0 aliphatic carbocycles. The molecule has 0 saturated carbocycles. The van der Waals surface area contributed by atoms with E-state index in [0.29, 0.717) is 0 Å². The molecule has 0 radical (unpaired) electrons. The molecule has 0 unspecified atom stereocenters. The van der Waals surface area contributed by atoms with Gasteiger partial charge in [-0.05, 0) is 48.9 Å². The minimum Gasteiger partial charge on any atom is -0.340 e. The fourth-order valence-electron chi connectivity index (χ4n) is 2.62. The van der Waals surface area contributed by atoms with Crippen molar-refractivity contribution in [1.82, 2.24) is 0 Å². The molecular weight excluding hydrogens is 240 g/mol. The summed E-state index contributed by atoms with van der Waals surface area (Å²) < 4.78 is 0. The normalized spacial score (nSPS) is 13.9. The quantitative estimate of drug-likeness (QED) is 0.915. The number of hydrogen-bond donors (Lipinski definition) is 1. The Balaban J connectivity index is 2.05. The molecule has 3 rings (SSSR count). The van der Waals surface area contributed by atoms with E-state index in [4.69, 9.17) is 5.73 Å². The Hall–Kier alpha value is -1.32. The van der Waals surface area contributed by atoms with Crippen LogP contribution >= 0.6 is 11.3 Å². The topological polar surface area (TPSA) is 29.3 Å². The monoisotopic (exact) mass is 258 g/mol. The Morgan fingerprint density at radius 2 is 2.00 bits per heavy atom. The predicted octanol–water partition coefficient (Wildman–Crippen LogP) is 3.33. The summed E-state index contributed by atoms with van der Waals surface area (Å²) in [7, 11) is 0. The number of benzene rings is 1. The second-order valence-corrected chi connectivity index (χ2v) is 5.65. The van der Waals surface area contributed by atoms with Crippen molar-refractivity contribution in [2.24, 2.45) is 5.73 Å². The van der Waals surface area contributed by atoms with Crippen molar-refractivity contribution < 1.29 is 0 Å². The molecule has 0 fully saturated rings. The largest absolute Gasteiger partial charge is 0.340 e. The summed E-state index contributed by atoms with van der Waals surface area (Å²) in [5.74, 6) is 0. The molecule has 3 heteroatoms. The molecule has 0 spiro atoms. The number of nitrogens with zero attached hydrogens (tertiary/aromatic N) is 1. The third-order valence-electron chi connectivity index (χ3n) is 3.50. The Morgan fingerprint density at radius 1 is 1.11 bits per heavy atom. The molecule has 0 bridgehead atoms. The van der Waals surface area contributed by atoms with Crippen LogP contribution in [0.4, 0.5) is 11.4 Å². The zero-order valence-electron chi connectivity index (χ0n) is 10.4. The highest BCUT2D eigenvalue weighted by Crippen LogP contribution is 2.38. The van der Waals surface area contributed by atoms with Crippen LogP contribution in [0.1, 0.15) is 16.9 Å². The maximum Gasteiger partial charge on any atom is 0.0552 e. The standard InChI is InChI=1S/C15H18N2S/c16-9-3-10-17-13-5-2-1-4-12(13)6-7-15-14(17)8-11-18-15/h1-2,4-5,8,11H,3,6-7,9-10,16H2. The van der Waals surface area contributed by atoms with Crippen LogP contribution in [-0.4, -0.2) is 13.1 Å². The third kappa shape index (κ3) is 2.04. The van der Waals surface area contributed by atoms with Gasteiger partial charge in [-0.15, -0.1) is 11.3 Å². The first kappa shape index (κ1) is 11.8. The number of fused-ring (bicyclic) bond motifs is 2. The second-order valence-electron chi connectivity index (χ2n) is 4.65. The molecular formula is C15H18N2S. The van der Waals surface area contributed by atoms with Gasteiger partial charge in [-0.1, -0.05) is 18.2 Å². The van der Waals surface area contributed by atoms with E-state index in [1.54, 1.807) is 0 Å². The van der Waals surface area contributed by atoms with Crippen LogP contribution in [0.5, 0.6) is 0 Å². The fraction of sp³-hybridized carbons (Fsp3) is 0.333. The van der Waals surface area contributed by atoms with Crippen molar-refractivity contribution in [3.05, 3.63) is 46.2 Å². The van der Waals surface area contributed by atoms with E-state index in [9.17, 15) is 0 Å². The van der Waals surface area contributed by atoms with Crippen LogP contribution < -0.4 is 10.6 Å². The minimum atomic E-state index is 0.748. The van der Waals surface area contributed by atoms with Gasteiger partial charge in [0.05, 0.1) is 5.69 Å².